The third kappa shape index (κ3) is 5.94. The van der Waals surface area contributed by atoms with Gasteiger partial charge in [-0.05, 0) is 77.2 Å². The smallest absolute Gasteiger partial charge is 0.493 e. The van der Waals surface area contributed by atoms with E-state index >= 15 is 0 Å². The molecule has 3 unspecified atom stereocenters. The van der Waals surface area contributed by atoms with Crippen molar-refractivity contribution in [1.82, 2.24) is 14.8 Å². The van der Waals surface area contributed by atoms with Gasteiger partial charge >= 0.3 is 6.16 Å². The molecular formula is C29H38ClN3O5. The fourth-order valence-corrected chi connectivity index (χ4v) is 5.86. The fraction of sp³-hybridized carbons (Fsp3) is 0.483. The normalized spacial score (nSPS) is 21.7. The minimum atomic E-state index is -1.22. The molecule has 0 bridgehead atoms. The zero-order valence-corrected chi connectivity index (χ0v) is 23.5. The molecule has 0 spiro atoms. The number of ether oxygens (including phenoxy) is 3. The maximum Gasteiger partial charge on any atom is 0.513 e. The SMILES string of the molecule is CCOC(=O)Oc1c(OC)cccc1C1(O)CCC(N(C)Cc2c[nH]c3ccc(Cl)cc23)CC1CN(C)C. The van der Waals surface area contributed by atoms with E-state index in [1.54, 1.807) is 13.0 Å². The van der Waals surface area contributed by atoms with Gasteiger partial charge in [0.25, 0.3) is 0 Å². The molecule has 1 aliphatic rings. The second-order valence-electron chi connectivity index (χ2n) is 10.4. The van der Waals surface area contributed by atoms with Crippen molar-refractivity contribution >= 4 is 28.7 Å². The number of aromatic nitrogens is 1. The predicted molar refractivity (Wildman–Crippen MR) is 149 cm³/mol. The highest BCUT2D eigenvalue weighted by Gasteiger charge is 2.46. The van der Waals surface area contributed by atoms with E-state index in [0.717, 1.165) is 30.3 Å². The van der Waals surface area contributed by atoms with Crippen LogP contribution in [-0.4, -0.2) is 73.5 Å². The Hall–Kier alpha value is -2.78. The lowest BCUT2D eigenvalue weighted by molar-refractivity contribution is -0.0823. The van der Waals surface area contributed by atoms with Crippen molar-refractivity contribution in [2.75, 3.05) is 41.4 Å². The van der Waals surface area contributed by atoms with E-state index in [-0.39, 0.29) is 24.3 Å². The van der Waals surface area contributed by atoms with E-state index in [1.807, 2.05) is 50.6 Å². The lowest BCUT2D eigenvalue weighted by Crippen LogP contribution is -2.49. The number of aromatic amines is 1. The van der Waals surface area contributed by atoms with Crippen LogP contribution in [0, 0.1) is 5.92 Å². The van der Waals surface area contributed by atoms with Crippen LogP contribution in [0.15, 0.2) is 42.6 Å². The van der Waals surface area contributed by atoms with E-state index in [2.05, 4.69) is 21.8 Å². The summed E-state index contributed by atoms with van der Waals surface area (Å²) in [6.45, 7) is 3.33. The second-order valence-corrected chi connectivity index (χ2v) is 10.8. The molecule has 0 amide bonds. The minimum absolute atomic E-state index is 0.118. The molecule has 3 aromatic rings. The molecule has 1 fully saturated rings. The number of methoxy groups -OCH3 is 1. The molecule has 2 aromatic carbocycles. The first-order chi connectivity index (χ1) is 18.2. The first kappa shape index (κ1) is 28.2. The van der Waals surface area contributed by atoms with Crippen LogP contribution in [0.5, 0.6) is 11.5 Å². The molecule has 2 N–H and O–H groups in total. The summed E-state index contributed by atoms with van der Waals surface area (Å²) < 4.78 is 16.1. The third-order valence-electron chi connectivity index (χ3n) is 7.56. The van der Waals surface area contributed by atoms with Gasteiger partial charge in [-0.1, -0.05) is 23.7 Å². The number of H-pyrrole nitrogens is 1. The highest BCUT2D eigenvalue weighted by molar-refractivity contribution is 6.31. The Bertz CT molecular complexity index is 1260. The molecule has 1 aromatic heterocycles. The van der Waals surface area contributed by atoms with E-state index < -0.39 is 11.8 Å². The number of nitrogens with zero attached hydrogens (tertiary/aromatic N) is 2. The zero-order valence-electron chi connectivity index (χ0n) is 22.8. The highest BCUT2D eigenvalue weighted by Crippen LogP contribution is 2.49. The quantitative estimate of drug-likeness (QED) is 0.275. The van der Waals surface area contributed by atoms with Crippen LogP contribution < -0.4 is 9.47 Å². The van der Waals surface area contributed by atoms with Crippen LogP contribution in [0.25, 0.3) is 10.9 Å². The van der Waals surface area contributed by atoms with E-state index in [1.165, 1.54) is 12.7 Å². The Morgan fingerprint density at radius 1 is 1.24 bits per heavy atom. The summed E-state index contributed by atoms with van der Waals surface area (Å²) in [6.07, 6.45) is 3.27. The van der Waals surface area contributed by atoms with Gasteiger partial charge in [-0.25, -0.2) is 4.79 Å². The largest absolute Gasteiger partial charge is 0.513 e. The van der Waals surface area contributed by atoms with Crippen molar-refractivity contribution < 1.29 is 24.1 Å². The maximum atomic E-state index is 12.3. The number of aliphatic hydroxyl groups is 1. The number of carbonyl (C=O) groups excluding carboxylic acids is 1. The van der Waals surface area contributed by atoms with Crippen molar-refractivity contribution in [2.45, 2.75) is 44.4 Å². The van der Waals surface area contributed by atoms with E-state index in [4.69, 9.17) is 25.8 Å². The number of hydrogen-bond acceptors (Lipinski definition) is 7. The average Bonchev–Trinajstić information content (AvgIpc) is 3.26. The molecule has 1 saturated carbocycles. The number of carbonyl (C=O) groups is 1. The van der Waals surface area contributed by atoms with Gasteiger partial charge < -0.3 is 29.2 Å². The van der Waals surface area contributed by atoms with Gasteiger partial charge in [-0.2, -0.15) is 0 Å². The third-order valence-corrected chi connectivity index (χ3v) is 7.80. The fourth-order valence-electron chi connectivity index (χ4n) is 5.69. The molecule has 0 radical (unpaired) electrons. The number of benzene rings is 2. The average molecular weight is 544 g/mol. The molecule has 4 rings (SSSR count). The summed E-state index contributed by atoms with van der Waals surface area (Å²) >= 11 is 6.27. The van der Waals surface area contributed by atoms with Crippen LogP contribution in [-0.2, 0) is 16.9 Å². The molecule has 1 heterocycles. The van der Waals surface area contributed by atoms with E-state index in [0.29, 0.717) is 29.3 Å². The van der Waals surface area contributed by atoms with Crippen LogP contribution in [0.3, 0.4) is 0 Å². The maximum absolute atomic E-state index is 12.3. The van der Waals surface area contributed by atoms with Gasteiger partial charge in [0.05, 0.1) is 19.3 Å². The molecule has 1 aliphatic carbocycles. The summed E-state index contributed by atoms with van der Waals surface area (Å²) in [4.78, 5) is 20.1. The predicted octanol–water partition coefficient (Wildman–Crippen LogP) is 5.42. The molecule has 206 valence electrons. The van der Waals surface area contributed by atoms with Crippen molar-refractivity contribution in [3.05, 3.63) is 58.7 Å². The summed E-state index contributed by atoms with van der Waals surface area (Å²) in [5, 5.41) is 14.1. The summed E-state index contributed by atoms with van der Waals surface area (Å²) in [5.41, 5.74) is 1.58. The number of rotatable bonds is 9. The topological polar surface area (TPSA) is 87.3 Å². The Morgan fingerprint density at radius 2 is 2.03 bits per heavy atom. The molecule has 0 saturated heterocycles. The monoisotopic (exact) mass is 543 g/mol. The minimum Gasteiger partial charge on any atom is -0.493 e. The summed E-state index contributed by atoms with van der Waals surface area (Å²) in [5.74, 6) is 0.472. The highest BCUT2D eigenvalue weighted by atomic mass is 35.5. The number of nitrogens with one attached hydrogen (secondary N) is 1. The summed E-state index contributed by atoms with van der Waals surface area (Å²) in [6, 6.07) is 11.5. The van der Waals surface area contributed by atoms with Gasteiger partial charge in [0.1, 0.15) is 0 Å². The Balaban J connectivity index is 1.61. The zero-order chi connectivity index (χ0) is 27.4. The van der Waals surface area contributed by atoms with Gasteiger partial charge in [0.15, 0.2) is 11.5 Å². The lowest BCUT2D eigenvalue weighted by atomic mass is 9.69. The number of fused-ring (bicyclic) bond motifs is 1. The van der Waals surface area contributed by atoms with Gasteiger partial charge in [0, 0.05) is 52.7 Å². The van der Waals surface area contributed by atoms with Crippen molar-refractivity contribution in [1.29, 1.82) is 0 Å². The van der Waals surface area contributed by atoms with Gasteiger partial charge in [-0.15, -0.1) is 0 Å². The first-order valence-corrected chi connectivity index (χ1v) is 13.4. The molecule has 0 aliphatic heterocycles. The Labute approximate surface area is 229 Å². The Kier molecular flexibility index (Phi) is 8.88. The lowest BCUT2D eigenvalue weighted by Gasteiger charge is -2.47. The number of para-hydroxylation sites is 1. The van der Waals surface area contributed by atoms with Gasteiger partial charge in [-0.3, -0.25) is 4.90 Å². The Morgan fingerprint density at radius 3 is 2.74 bits per heavy atom. The first-order valence-electron chi connectivity index (χ1n) is 13.0. The van der Waals surface area contributed by atoms with Gasteiger partial charge in [0.2, 0.25) is 0 Å². The second kappa shape index (κ2) is 11.9. The number of halogens is 1. The van der Waals surface area contributed by atoms with Crippen molar-refractivity contribution in [3.63, 3.8) is 0 Å². The standard InChI is InChI=1S/C29H38ClN3O5/c1-6-37-28(34)38-27-24(8-7-9-26(27)36-5)29(35)13-12-22(14-20(29)18-32(2)3)33(4)17-19-16-31-25-11-10-21(30)15-23(19)25/h7-11,15-16,20,22,31,35H,6,12-14,17-18H2,1-5H3. The van der Waals surface area contributed by atoms with Crippen LogP contribution >= 0.6 is 11.6 Å². The van der Waals surface area contributed by atoms with Crippen LogP contribution in [0.2, 0.25) is 5.02 Å². The van der Waals surface area contributed by atoms with Crippen LogP contribution in [0.1, 0.15) is 37.3 Å². The van der Waals surface area contributed by atoms with Crippen molar-refractivity contribution in [3.8, 4) is 11.5 Å². The van der Waals surface area contributed by atoms with Crippen LogP contribution in [0.4, 0.5) is 4.79 Å². The molecular weight excluding hydrogens is 506 g/mol. The number of hydrogen-bond donors (Lipinski definition) is 2. The molecule has 9 heteroatoms. The molecule has 3 atom stereocenters. The summed E-state index contributed by atoms with van der Waals surface area (Å²) in [7, 11) is 7.66. The van der Waals surface area contributed by atoms with Crippen molar-refractivity contribution in [2.24, 2.45) is 5.92 Å². The molecule has 8 nitrogen and oxygen atoms in total. The molecule has 38 heavy (non-hydrogen) atoms. The van der Waals surface area contributed by atoms with E-state index in [9.17, 15) is 9.90 Å².